The number of ether oxygens (including phenoxy) is 1. The zero-order valence-corrected chi connectivity index (χ0v) is 25.1. The van der Waals surface area contributed by atoms with Gasteiger partial charge in [0.15, 0.2) is 11.5 Å². The number of hydrogen-bond acceptors (Lipinski definition) is 8. The summed E-state index contributed by atoms with van der Waals surface area (Å²) in [6.07, 6.45) is 5.89. The second-order valence-electron chi connectivity index (χ2n) is 14.4. The van der Waals surface area contributed by atoms with Crippen LogP contribution in [-0.2, 0) is 23.9 Å². The van der Waals surface area contributed by atoms with Gasteiger partial charge in [-0.3, -0.25) is 19.2 Å². The molecule has 0 saturated heterocycles. The molecule has 0 spiro atoms. The van der Waals surface area contributed by atoms with Crippen LogP contribution in [0.3, 0.4) is 0 Å². The van der Waals surface area contributed by atoms with Gasteiger partial charge in [-0.25, -0.2) is 0 Å². The van der Waals surface area contributed by atoms with Crippen LogP contribution >= 0.6 is 0 Å². The van der Waals surface area contributed by atoms with Gasteiger partial charge in [-0.2, -0.15) is 0 Å². The van der Waals surface area contributed by atoms with Crippen molar-refractivity contribution in [1.82, 2.24) is 0 Å². The summed E-state index contributed by atoms with van der Waals surface area (Å²) in [6, 6.07) is 0. The first kappa shape index (κ1) is 30.4. The van der Waals surface area contributed by atoms with Crippen LogP contribution in [0.1, 0.15) is 81.6 Å². The van der Waals surface area contributed by atoms with Gasteiger partial charge in [0, 0.05) is 30.6 Å². The summed E-state index contributed by atoms with van der Waals surface area (Å²) in [7, 11) is 0. The Kier molecular flexibility index (Phi) is 6.80. The second kappa shape index (κ2) is 8.96. The van der Waals surface area contributed by atoms with E-state index in [1.165, 1.54) is 32.1 Å². The Labute approximate surface area is 236 Å². The molecule has 4 aliphatic rings. The summed E-state index contributed by atoms with van der Waals surface area (Å²) in [5.74, 6) is -3.61. The molecule has 0 aromatic rings. The van der Waals surface area contributed by atoms with E-state index in [0.717, 1.165) is 5.57 Å². The van der Waals surface area contributed by atoms with Crippen LogP contribution in [0, 0.1) is 39.4 Å². The van der Waals surface area contributed by atoms with Crippen LogP contribution < -0.4 is 0 Å². The van der Waals surface area contributed by atoms with Gasteiger partial charge in [0.2, 0.25) is 5.78 Å². The first-order chi connectivity index (χ1) is 18.1. The maximum absolute atomic E-state index is 14.3. The highest BCUT2D eigenvalue weighted by Gasteiger charge is 2.74. The van der Waals surface area contributed by atoms with Crippen LogP contribution in [-0.4, -0.2) is 55.9 Å². The molecule has 2 fully saturated rings. The fourth-order valence-corrected chi connectivity index (χ4v) is 8.98. The SMILES string of the molecule is CC(=O)OC(C)(C)/C=C/C(=O)[C@@](C)(O)[C@H]1[C@H](O)C[C@@]2(C)[C@@H]3CC=C4[C@@H](C=C(O)C(=O)C4(C)C)[C@]3(C)C(=O)C[C@]12C. The summed E-state index contributed by atoms with van der Waals surface area (Å²) >= 11 is 0. The Morgan fingerprint density at radius 2 is 1.68 bits per heavy atom. The van der Waals surface area contributed by atoms with Crippen molar-refractivity contribution >= 4 is 23.3 Å². The van der Waals surface area contributed by atoms with Gasteiger partial charge >= 0.3 is 5.97 Å². The van der Waals surface area contributed by atoms with E-state index in [-0.39, 0.29) is 36.1 Å². The number of aliphatic hydroxyl groups is 3. The lowest BCUT2D eigenvalue weighted by Crippen LogP contribution is -2.64. The van der Waals surface area contributed by atoms with E-state index in [9.17, 15) is 34.5 Å². The third-order valence-electron chi connectivity index (χ3n) is 11.2. The smallest absolute Gasteiger partial charge is 0.303 e. The Bertz CT molecular complexity index is 1270. The molecule has 0 bridgehead atoms. The number of hydrogen-bond donors (Lipinski definition) is 3. The van der Waals surface area contributed by atoms with Crippen LogP contribution in [0.2, 0.25) is 0 Å². The molecule has 2 saturated carbocycles. The minimum atomic E-state index is -2.00. The molecule has 0 amide bonds. The Morgan fingerprint density at radius 1 is 1.07 bits per heavy atom. The maximum atomic E-state index is 14.3. The Morgan fingerprint density at radius 3 is 2.25 bits per heavy atom. The fourth-order valence-electron chi connectivity index (χ4n) is 8.98. The highest BCUT2D eigenvalue weighted by atomic mass is 16.6. The molecular formula is C32H44O8. The fraction of sp³-hybridized carbons (Fsp3) is 0.688. The number of Topliss-reactive ketones (excluding diaryl/α,β-unsaturated/α-hetero) is 2. The number of allylic oxidation sites excluding steroid dienone is 4. The molecule has 0 unspecified atom stereocenters. The zero-order chi connectivity index (χ0) is 30.4. The average molecular weight is 557 g/mol. The second-order valence-corrected chi connectivity index (χ2v) is 14.4. The van der Waals surface area contributed by atoms with Crippen LogP contribution in [0.4, 0.5) is 0 Å². The number of ketones is 3. The van der Waals surface area contributed by atoms with Gasteiger partial charge < -0.3 is 20.1 Å². The van der Waals surface area contributed by atoms with E-state index in [2.05, 4.69) is 0 Å². The van der Waals surface area contributed by atoms with E-state index < -0.39 is 62.6 Å². The van der Waals surface area contributed by atoms with Gasteiger partial charge in [0.05, 0.1) is 11.5 Å². The normalized spacial score (nSPS) is 40.4. The predicted octanol–water partition coefficient (Wildman–Crippen LogP) is 4.19. The summed E-state index contributed by atoms with van der Waals surface area (Å²) in [6.45, 7) is 15.3. The number of carbonyl (C=O) groups excluding carboxylic acids is 4. The van der Waals surface area contributed by atoms with Gasteiger partial charge in [-0.15, -0.1) is 0 Å². The van der Waals surface area contributed by atoms with Crippen LogP contribution in [0.5, 0.6) is 0 Å². The van der Waals surface area contributed by atoms with Crippen molar-refractivity contribution < 1.29 is 39.2 Å². The molecule has 8 nitrogen and oxygen atoms in total. The maximum Gasteiger partial charge on any atom is 0.303 e. The first-order valence-corrected chi connectivity index (χ1v) is 14.1. The number of esters is 1. The van der Waals surface area contributed by atoms with Crippen molar-refractivity contribution in [1.29, 1.82) is 0 Å². The molecule has 8 heteroatoms. The van der Waals surface area contributed by atoms with E-state index in [1.54, 1.807) is 27.7 Å². The number of aliphatic hydroxyl groups excluding tert-OH is 2. The molecule has 4 aliphatic carbocycles. The van der Waals surface area contributed by atoms with Gasteiger partial charge in [0.25, 0.3) is 0 Å². The summed E-state index contributed by atoms with van der Waals surface area (Å²) in [4.78, 5) is 52.0. The zero-order valence-electron chi connectivity index (χ0n) is 25.1. The third-order valence-corrected chi connectivity index (χ3v) is 11.2. The lowest BCUT2D eigenvalue weighted by molar-refractivity contribution is -0.179. The lowest BCUT2D eigenvalue weighted by Gasteiger charge is -2.63. The molecule has 220 valence electrons. The molecule has 0 radical (unpaired) electrons. The molecule has 0 heterocycles. The van der Waals surface area contributed by atoms with Gasteiger partial charge in [-0.1, -0.05) is 32.4 Å². The predicted molar refractivity (Wildman–Crippen MR) is 148 cm³/mol. The minimum Gasteiger partial charge on any atom is -0.505 e. The first-order valence-electron chi connectivity index (χ1n) is 14.1. The quantitative estimate of drug-likeness (QED) is 0.260. The molecule has 0 aliphatic heterocycles. The van der Waals surface area contributed by atoms with Gasteiger partial charge in [-0.05, 0) is 82.4 Å². The highest BCUT2D eigenvalue weighted by Crippen LogP contribution is 2.73. The van der Waals surface area contributed by atoms with E-state index in [0.29, 0.717) is 6.42 Å². The van der Waals surface area contributed by atoms with Crippen molar-refractivity contribution in [3.05, 3.63) is 35.6 Å². The number of fused-ring (bicyclic) bond motifs is 5. The van der Waals surface area contributed by atoms with Crippen molar-refractivity contribution in [3.8, 4) is 0 Å². The molecule has 8 atom stereocenters. The largest absolute Gasteiger partial charge is 0.505 e. The van der Waals surface area contributed by atoms with Crippen molar-refractivity contribution in [2.75, 3.05) is 0 Å². The minimum absolute atomic E-state index is 0.0249. The number of rotatable bonds is 5. The van der Waals surface area contributed by atoms with E-state index in [4.69, 9.17) is 4.74 Å². The highest BCUT2D eigenvalue weighted by molar-refractivity contribution is 6.02. The Hall–Kier alpha value is -2.58. The topological polar surface area (TPSA) is 138 Å². The third kappa shape index (κ3) is 4.00. The monoisotopic (exact) mass is 556 g/mol. The van der Waals surface area contributed by atoms with E-state index >= 15 is 0 Å². The van der Waals surface area contributed by atoms with Gasteiger partial charge in [0.1, 0.15) is 17.0 Å². The van der Waals surface area contributed by atoms with Crippen molar-refractivity contribution in [2.24, 2.45) is 39.4 Å². The summed E-state index contributed by atoms with van der Waals surface area (Å²) in [5, 5.41) is 33.8. The Balaban J connectivity index is 1.76. The van der Waals surface area contributed by atoms with E-state index in [1.807, 2.05) is 26.8 Å². The summed E-state index contributed by atoms with van der Waals surface area (Å²) < 4.78 is 5.22. The molecule has 40 heavy (non-hydrogen) atoms. The molecular weight excluding hydrogens is 512 g/mol. The summed E-state index contributed by atoms with van der Waals surface area (Å²) in [5.41, 5.74) is -5.72. The lowest BCUT2D eigenvalue weighted by atomic mass is 9.39. The number of carbonyl (C=O) groups is 4. The van der Waals surface area contributed by atoms with Crippen molar-refractivity contribution in [2.45, 2.75) is 98.9 Å². The molecule has 3 N–H and O–H groups in total. The molecule has 0 aromatic heterocycles. The van der Waals surface area contributed by atoms with Crippen molar-refractivity contribution in [3.63, 3.8) is 0 Å². The van der Waals surface area contributed by atoms with Crippen LogP contribution in [0.15, 0.2) is 35.6 Å². The average Bonchev–Trinajstić information content (AvgIpc) is 3.01. The molecule has 0 aromatic carbocycles. The molecule has 4 rings (SSSR count). The standard InChI is InChI=1S/C32H44O8/c1-17(33)40-27(2,3)13-12-23(36)32(9,39)25-21(35)15-29(6)22-11-10-18-19(14-20(34)26(38)28(18,4)5)31(22,8)24(37)16-30(25,29)7/h10,12-14,19,21-22,25,34-35,39H,11,15-16H2,1-9H3/b13-12+/t19-,21-,22+,25+,29+,30-,31+,32-/m1/s1. The van der Waals surface area contributed by atoms with Crippen LogP contribution in [0.25, 0.3) is 0 Å².